The Morgan fingerprint density at radius 3 is 2.58 bits per heavy atom. The predicted octanol–water partition coefficient (Wildman–Crippen LogP) is 2.98. The molecule has 0 aliphatic rings. The molecule has 0 aromatic heterocycles. The summed E-state index contributed by atoms with van der Waals surface area (Å²) >= 11 is 3.43. The summed E-state index contributed by atoms with van der Waals surface area (Å²) < 4.78 is 0. The lowest BCUT2D eigenvalue weighted by atomic mass is 9.97. The molecule has 2 aromatic carbocycles. The molecule has 0 atom stereocenters. The van der Waals surface area contributed by atoms with E-state index in [0.717, 1.165) is 16.7 Å². The number of carbonyl (C=O) groups excluding carboxylic acids is 1. The van der Waals surface area contributed by atoms with Gasteiger partial charge in [-0.15, -0.1) is 0 Å². The van der Waals surface area contributed by atoms with Gasteiger partial charge in [0.1, 0.15) is 5.75 Å². The third-order valence-corrected chi connectivity index (χ3v) is 3.49. The van der Waals surface area contributed by atoms with Crippen molar-refractivity contribution in [2.45, 2.75) is 11.8 Å². The molecule has 3 N–H and O–H groups in total. The van der Waals surface area contributed by atoms with Crippen LogP contribution in [0.1, 0.15) is 11.1 Å². The first-order chi connectivity index (χ1) is 9.11. The predicted molar refractivity (Wildman–Crippen MR) is 79.1 cm³/mol. The normalized spacial score (nSPS) is 10.4. The van der Waals surface area contributed by atoms with E-state index >= 15 is 0 Å². The molecule has 0 saturated heterocycles. The average Bonchev–Trinajstić information content (AvgIpc) is 2.40. The standard InChI is InChI=1S/C15H14BrNO2/c16-9-11-3-1-2-4-12(11)13-7-10(8-15(17)19)5-6-14(13)18/h1-7,18H,8-9H2,(H2,17,19). The van der Waals surface area contributed by atoms with Gasteiger partial charge in [0.05, 0.1) is 6.42 Å². The lowest BCUT2D eigenvalue weighted by Gasteiger charge is -2.11. The minimum atomic E-state index is -0.384. The zero-order valence-corrected chi connectivity index (χ0v) is 11.9. The minimum Gasteiger partial charge on any atom is -0.507 e. The van der Waals surface area contributed by atoms with Gasteiger partial charge >= 0.3 is 0 Å². The van der Waals surface area contributed by atoms with Gasteiger partial charge in [0.2, 0.25) is 5.91 Å². The Kier molecular flexibility index (Phi) is 4.22. The van der Waals surface area contributed by atoms with Crippen LogP contribution < -0.4 is 5.73 Å². The maximum Gasteiger partial charge on any atom is 0.221 e. The first-order valence-electron chi connectivity index (χ1n) is 5.86. The summed E-state index contributed by atoms with van der Waals surface area (Å²) in [7, 11) is 0. The zero-order valence-electron chi connectivity index (χ0n) is 10.3. The van der Waals surface area contributed by atoms with Gasteiger partial charge in [-0.2, -0.15) is 0 Å². The van der Waals surface area contributed by atoms with Gasteiger partial charge < -0.3 is 10.8 Å². The SMILES string of the molecule is NC(=O)Cc1ccc(O)c(-c2ccccc2CBr)c1. The number of primary amides is 1. The van der Waals surface area contributed by atoms with E-state index in [4.69, 9.17) is 5.73 Å². The monoisotopic (exact) mass is 319 g/mol. The fourth-order valence-corrected chi connectivity index (χ4v) is 2.50. The largest absolute Gasteiger partial charge is 0.507 e. The van der Waals surface area contributed by atoms with Gasteiger partial charge in [-0.3, -0.25) is 4.79 Å². The van der Waals surface area contributed by atoms with Gasteiger partial charge in [0, 0.05) is 10.9 Å². The molecule has 0 fully saturated rings. The summed E-state index contributed by atoms with van der Waals surface area (Å²) in [5.74, 6) is -0.188. The summed E-state index contributed by atoms with van der Waals surface area (Å²) in [6.07, 6.45) is 0.170. The zero-order chi connectivity index (χ0) is 13.8. The number of phenolic OH excluding ortho intramolecular Hbond substituents is 1. The summed E-state index contributed by atoms with van der Waals surface area (Å²) in [6.45, 7) is 0. The third-order valence-electron chi connectivity index (χ3n) is 2.89. The molecule has 4 heteroatoms. The number of benzene rings is 2. The average molecular weight is 320 g/mol. The van der Waals surface area contributed by atoms with Gasteiger partial charge in [-0.1, -0.05) is 46.3 Å². The Balaban J connectivity index is 2.51. The van der Waals surface area contributed by atoms with Crippen LogP contribution in [0.4, 0.5) is 0 Å². The molecule has 19 heavy (non-hydrogen) atoms. The molecule has 0 bridgehead atoms. The van der Waals surface area contributed by atoms with E-state index in [1.165, 1.54) is 0 Å². The second-order valence-electron chi connectivity index (χ2n) is 4.29. The Morgan fingerprint density at radius 2 is 1.89 bits per heavy atom. The van der Waals surface area contributed by atoms with Crippen molar-refractivity contribution >= 4 is 21.8 Å². The van der Waals surface area contributed by atoms with Crippen molar-refractivity contribution < 1.29 is 9.90 Å². The summed E-state index contributed by atoms with van der Waals surface area (Å²) in [5.41, 5.74) is 8.74. The highest BCUT2D eigenvalue weighted by Gasteiger charge is 2.10. The highest BCUT2D eigenvalue weighted by Crippen LogP contribution is 2.33. The van der Waals surface area contributed by atoms with E-state index in [1.807, 2.05) is 30.3 Å². The number of aromatic hydroxyl groups is 1. The number of alkyl halides is 1. The van der Waals surface area contributed by atoms with Crippen molar-refractivity contribution in [3.63, 3.8) is 0 Å². The van der Waals surface area contributed by atoms with Crippen LogP contribution in [0, 0.1) is 0 Å². The fourth-order valence-electron chi connectivity index (χ4n) is 2.01. The minimum absolute atomic E-state index is 0.170. The van der Waals surface area contributed by atoms with E-state index in [2.05, 4.69) is 15.9 Å². The molecule has 0 spiro atoms. The van der Waals surface area contributed by atoms with Crippen LogP contribution in [0.5, 0.6) is 5.75 Å². The molecular weight excluding hydrogens is 306 g/mol. The molecule has 98 valence electrons. The highest BCUT2D eigenvalue weighted by atomic mass is 79.9. The molecular formula is C15H14BrNO2. The van der Waals surface area contributed by atoms with Crippen molar-refractivity contribution in [1.29, 1.82) is 0 Å². The van der Waals surface area contributed by atoms with E-state index in [0.29, 0.717) is 10.9 Å². The number of carbonyl (C=O) groups is 1. The first-order valence-corrected chi connectivity index (χ1v) is 6.98. The van der Waals surface area contributed by atoms with Gasteiger partial charge in [0.25, 0.3) is 0 Å². The van der Waals surface area contributed by atoms with Crippen LogP contribution in [0.25, 0.3) is 11.1 Å². The van der Waals surface area contributed by atoms with Crippen LogP contribution in [-0.2, 0) is 16.5 Å². The topological polar surface area (TPSA) is 63.3 Å². The Labute approximate surface area is 120 Å². The lowest BCUT2D eigenvalue weighted by Crippen LogP contribution is -2.13. The number of rotatable bonds is 4. The van der Waals surface area contributed by atoms with Crippen molar-refractivity contribution in [3.05, 3.63) is 53.6 Å². The van der Waals surface area contributed by atoms with E-state index in [-0.39, 0.29) is 18.1 Å². The second kappa shape index (κ2) is 5.89. The summed E-state index contributed by atoms with van der Waals surface area (Å²) in [4.78, 5) is 11.0. The second-order valence-corrected chi connectivity index (χ2v) is 4.85. The Morgan fingerprint density at radius 1 is 1.16 bits per heavy atom. The number of phenols is 1. The molecule has 0 aliphatic carbocycles. The third kappa shape index (κ3) is 3.15. The quantitative estimate of drug-likeness (QED) is 0.851. The van der Waals surface area contributed by atoms with E-state index in [1.54, 1.807) is 12.1 Å². The number of hydrogen-bond acceptors (Lipinski definition) is 2. The molecule has 0 aliphatic heterocycles. The van der Waals surface area contributed by atoms with Crippen LogP contribution in [0.15, 0.2) is 42.5 Å². The molecule has 3 nitrogen and oxygen atoms in total. The van der Waals surface area contributed by atoms with E-state index < -0.39 is 0 Å². The number of hydrogen-bond donors (Lipinski definition) is 2. The van der Waals surface area contributed by atoms with Crippen molar-refractivity contribution in [3.8, 4) is 16.9 Å². The van der Waals surface area contributed by atoms with Gasteiger partial charge in [0.15, 0.2) is 0 Å². The maximum atomic E-state index is 11.0. The van der Waals surface area contributed by atoms with Crippen LogP contribution in [0.3, 0.4) is 0 Å². The van der Waals surface area contributed by atoms with Crippen LogP contribution in [0.2, 0.25) is 0 Å². The highest BCUT2D eigenvalue weighted by molar-refractivity contribution is 9.08. The molecule has 0 radical (unpaired) electrons. The van der Waals surface area contributed by atoms with E-state index in [9.17, 15) is 9.90 Å². The van der Waals surface area contributed by atoms with Crippen LogP contribution in [-0.4, -0.2) is 11.0 Å². The smallest absolute Gasteiger partial charge is 0.221 e. The molecule has 0 saturated carbocycles. The maximum absolute atomic E-state index is 11.0. The molecule has 2 rings (SSSR count). The Hall–Kier alpha value is -1.81. The lowest BCUT2D eigenvalue weighted by molar-refractivity contribution is -0.117. The number of amides is 1. The van der Waals surface area contributed by atoms with Gasteiger partial charge in [-0.25, -0.2) is 0 Å². The van der Waals surface area contributed by atoms with Crippen molar-refractivity contribution in [2.75, 3.05) is 0 Å². The van der Waals surface area contributed by atoms with Crippen molar-refractivity contribution in [2.24, 2.45) is 5.73 Å². The summed E-state index contributed by atoms with van der Waals surface area (Å²) in [6, 6.07) is 12.9. The molecule has 1 amide bonds. The Bertz CT molecular complexity index is 611. The fraction of sp³-hybridized carbons (Fsp3) is 0.133. The van der Waals surface area contributed by atoms with Crippen molar-refractivity contribution in [1.82, 2.24) is 0 Å². The van der Waals surface area contributed by atoms with Gasteiger partial charge in [-0.05, 0) is 28.8 Å². The number of halogens is 1. The molecule has 0 heterocycles. The summed E-state index contributed by atoms with van der Waals surface area (Å²) in [5, 5.41) is 10.7. The van der Waals surface area contributed by atoms with Crippen LogP contribution >= 0.6 is 15.9 Å². The molecule has 2 aromatic rings. The molecule has 0 unspecified atom stereocenters. The number of nitrogens with two attached hydrogens (primary N) is 1. The first kappa shape index (κ1) is 13.6.